The topological polar surface area (TPSA) is 85.7 Å². The Labute approximate surface area is 112 Å². The molecule has 0 aliphatic carbocycles. The molecule has 2 atom stereocenters. The van der Waals surface area contributed by atoms with Gasteiger partial charge in [0.15, 0.2) is 0 Å². The van der Waals surface area contributed by atoms with E-state index in [-0.39, 0.29) is 19.0 Å². The molecule has 0 saturated carbocycles. The number of aliphatic hydroxyl groups is 2. The Kier molecular flexibility index (Phi) is 4.34. The second-order valence-electron chi connectivity index (χ2n) is 4.70. The second-order valence-corrected chi connectivity index (χ2v) is 4.70. The standard InChI is InChI=1S/C13H19N3O3/c1-2-5-14-12-4-3-9(6-15-12)13(19)16-7-10(17)11(18)8-16/h3-4,6,10-11,17-18H,2,5,7-8H2,1H3,(H,14,15). The molecule has 1 aromatic rings. The number of amides is 1. The lowest BCUT2D eigenvalue weighted by Crippen LogP contribution is -2.29. The van der Waals surface area contributed by atoms with Crippen molar-refractivity contribution in [3.05, 3.63) is 23.9 Å². The summed E-state index contributed by atoms with van der Waals surface area (Å²) >= 11 is 0. The SMILES string of the molecule is CCCNc1ccc(C(=O)N2CC(O)C(O)C2)cn1. The summed E-state index contributed by atoms with van der Waals surface area (Å²) in [5.41, 5.74) is 0.461. The number of aliphatic hydroxyl groups excluding tert-OH is 2. The number of β-amino-alcohol motifs (C(OH)–C–C–N with tert-alkyl or cyclic N) is 2. The largest absolute Gasteiger partial charge is 0.388 e. The third-order valence-electron chi connectivity index (χ3n) is 3.11. The van der Waals surface area contributed by atoms with E-state index in [2.05, 4.69) is 17.2 Å². The van der Waals surface area contributed by atoms with E-state index in [0.717, 1.165) is 18.8 Å². The van der Waals surface area contributed by atoms with E-state index < -0.39 is 12.2 Å². The predicted octanol–water partition coefficient (Wildman–Crippen LogP) is 0.0811. The highest BCUT2D eigenvalue weighted by atomic mass is 16.3. The number of aromatic nitrogens is 1. The van der Waals surface area contributed by atoms with Gasteiger partial charge in [-0.1, -0.05) is 6.92 Å². The van der Waals surface area contributed by atoms with Crippen molar-refractivity contribution in [1.82, 2.24) is 9.88 Å². The van der Waals surface area contributed by atoms with E-state index in [0.29, 0.717) is 5.56 Å². The van der Waals surface area contributed by atoms with Crippen LogP contribution in [0.5, 0.6) is 0 Å². The molecule has 0 aromatic carbocycles. The molecule has 3 N–H and O–H groups in total. The van der Waals surface area contributed by atoms with E-state index >= 15 is 0 Å². The third kappa shape index (κ3) is 3.21. The number of nitrogens with one attached hydrogen (secondary N) is 1. The maximum Gasteiger partial charge on any atom is 0.255 e. The Bertz CT molecular complexity index is 425. The monoisotopic (exact) mass is 265 g/mol. The predicted molar refractivity (Wildman–Crippen MR) is 70.9 cm³/mol. The minimum absolute atomic E-state index is 0.163. The van der Waals surface area contributed by atoms with E-state index in [1.165, 1.54) is 11.1 Å². The van der Waals surface area contributed by atoms with Crippen molar-refractivity contribution in [2.24, 2.45) is 0 Å². The molecule has 1 aromatic heterocycles. The first-order valence-corrected chi connectivity index (χ1v) is 6.47. The molecule has 6 nitrogen and oxygen atoms in total. The van der Waals surface area contributed by atoms with Crippen LogP contribution in [-0.4, -0.2) is 57.8 Å². The lowest BCUT2D eigenvalue weighted by molar-refractivity contribution is 0.0572. The third-order valence-corrected chi connectivity index (χ3v) is 3.11. The number of likely N-dealkylation sites (tertiary alicyclic amines) is 1. The molecule has 1 amide bonds. The number of hydrogen-bond donors (Lipinski definition) is 3. The van der Waals surface area contributed by atoms with Gasteiger partial charge in [-0.2, -0.15) is 0 Å². The molecule has 2 rings (SSSR count). The van der Waals surface area contributed by atoms with Crippen molar-refractivity contribution in [2.45, 2.75) is 25.6 Å². The normalized spacial score (nSPS) is 22.6. The summed E-state index contributed by atoms with van der Waals surface area (Å²) in [4.78, 5) is 17.7. The van der Waals surface area contributed by atoms with Crippen LogP contribution < -0.4 is 5.32 Å². The van der Waals surface area contributed by atoms with Crippen molar-refractivity contribution < 1.29 is 15.0 Å². The average Bonchev–Trinajstić information content (AvgIpc) is 2.76. The van der Waals surface area contributed by atoms with E-state index in [1.54, 1.807) is 12.1 Å². The van der Waals surface area contributed by atoms with Crippen LogP contribution >= 0.6 is 0 Å². The zero-order valence-electron chi connectivity index (χ0n) is 10.9. The Morgan fingerprint density at radius 3 is 2.63 bits per heavy atom. The van der Waals surface area contributed by atoms with Gasteiger partial charge in [-0.05, 0) is 18.6 Å². The zero-order valence-corrected chi connectivity index (χ0v) is 10.9. The van der Waals surface area contributed by atoms with Gasteiger partial charge in [-0.15, -0.1) is 0 Å². The molecule has 0 bridgehead atoms. The van der Waals surface area contributed by atoms with Crippen LogP contribution in [0, 0.1) is 0 Å². The Hall–Kier alpha value is -1.66. The minimum Gasteiger partial charge on any atom is -0.388 e. The first-order valence-electron chi connectivity index (χ1n) is 6.47. The van der Waals surface area contributed by atoms with Gasteiger partial charge < -0.3 is 20.4 Å². The van der Waals surface area contributed by atoms with Gasteiger partial charge >= 0.3 is 0 Å². The van der Waals surface area contributed by atoms with Crippen LogP contribution in [0.15, 0.2) is 18.3 Å². The molecule has 1 aliphatic heterocycles. The first-order chi connectivity index (χ1) is 9.11. The molecule has 1 saturated heterocycles. The second kappa shape index (κ2) is 5.99. The van der Waals surface area contributed by atoms with Crippen LogP contribution in [0.1, 0.15) is 23.7 Å². The Balaban J connectivity index is 2.00. The summed E-state index contributed by atoms with van der Waals surface area (Å²) in [6.07, 6.45) is 0.799. The Morgan fingerprint density at radius 1 is 1.42 bits per heavy atom. The number of carbonyl (C=O) groups excluding carboxylic acids is 1. The van der Waals surface area contributed by atoms with E-state index in [1.807, 2.05) is 0 Å². The molecule has 6 heteroatoms. The van der Waals surface area contributed by atoms with Gasteiger partial charge in [0.05, 0.1) is 17.8 Å². The fourth-order valence-electron chi connectivity index (χ4n) is 2.00. The molecule has 2 heterocycles. The summed E-state index contributed by atoms with van der Waals surface area (Å²) in [5, 5.41) is 22.0. The van der Waals surface area contributed by atoms with Crippen LogP contribution in [0.4, 0.5) is 5.82 Å². The average molecular weight is 265 g/mol. The van der Waals surface area contributed by atoms with Crippen molar-refractivity contribution in [3.63, 3.8) is 0 Å². The maximum absolute atomic E-state index is 12.1. The van der Waals surface area contributed by atoms with Gasteiger partial charge in [-0.25, -0.2) is 4.98 Å². The van der Waals surface area contributed by atoms with Crippen LogP contribution in [-0.2, 0) is 0 Å². The number of nitrogens with zero attached hydrogens (tertiary/aromatic N) is 2. The number of rotatable bonds is 4. The highest BCUT2D eigenvalue weighted by molar-refractivity contribution is 5.94. The molecule has 104 valence electrons. The van der Waals surface area contributed by atoms with Crippen molar-refractivity contribution in [2.75, 3.05) is 25.0 Å². The van der Waals surface area contributed by atoms with Crippen molar-refractivity contribution in [3.8, 4) is 0 Å². The Morgan fingerprint density at radius 2 is 2.11 bits per heavy atom. The van der Waals surface area contributed by atoms with Crippen molar-refractivity contribution in [1.29, 1.82) is 0 Å². The molecular weight excluding hydrogens is 246 g/mol. The number of carbonyl (C=O) groups is 1. The van der Waals surface area contributed by atoms with Gasteiger partial charge in [0.2, 0.25) is 0 Å². The summed E-state index contributed by atoms with van der Waals surface area (Å²) in [7, 11) is 0. The van der Waals surface area contributed by atoms with Crippen LogP contribution in [0.3, 0.4) is 0 Å². The molecular formula is C13H19N3O3. The zero-order chi connectivity index (χ0) is 13.8. The smallest absolute Gasteiger partial charge is 0.255 e. The van der Waals surface area contributed by atoms with Gasteiger partial charge in [0.1, 0.15) is 5.82 Å². The lowest BCUT2D eigenvalue weighted by atomic mass is 10.2. The van der Waals surface area contributed by atoms with Crippen LogP contribution in [0.2, 0.25) is 0 Å². The van der Waals surface area contributed by atoms with E-state index in [4.69, 9.17) is 0 Å². The highest BCUT2D eigenvalue weighted by Gasteiger charge is 2.32. The maximum atomic E-state index is 12.1. The molecule has 19 heavy (non-hydrogen) atoms. The molecule has 0 radical (unpaired) electrons. The molecule has 2 unspecified atom stereocenters. The van der Waals surface area contributed by atoms with Crippen LogP contribution in [0.25, 0.3) is 0 Å². The van der Waals surface area contributed by atoms with E-state index in [9.17, 15) is 15.0 Å². The molecule has 0 spiro atoms. The first kappa shape index (κ1) is 13.8. The molecule has 1 fully saturated rings. The van der Waals surface area contributed by atoms with Gasteiger partial charge in [0.25, 0.3) is 5.91 Å². The minimum atomic E-state index is -0.859. The number of anilines is 1. The van der Waals surface area contributed by atoms with Crippen molar-refractivity contribution >= 4 is 11.7 Å². The summed E-state index contributed by atoms with van der Waals surface area (Å²) in [6, 6.07) is 3.45. The number of pyridine rings is 1. The quantitative estimate of drug-likeness (QED) is 0.718. The molecule has 1 aliphatic rings. The fourth-order valence-corrected chi connectivity index (χ4v) is 2.00. The van der Waals surface area contributed by atoms with Gasteiger partial charge in [-0.3, -0.25) is 4.79 Å². The summed E-state index contributed by atoms with van der Waals surface area (Å²) in [5.74, 6) is 0.519. The fraction of sp³-hybridized carbons (Fsp3) is 0.538. The summed E-state index contributed by atoms with van der Waals surface area (Å²) in [6.45, 7) is 3.23. The lowest BCUT2D eigenvalue weighted by Gasteiger charge is -2.15. The summed E-state index contributed by atoms with van der Waals surface area (Å²) < 4.78 is 0. The number of hydrogen-bond acceptors (Lipinski definition) is 5. The highest BCUT2D eigenvalue weighted by Crippen LogP contribution is 2.14. The van der Waals surface area contributed by atoms with Gasteiger partial charge in [0, 0.05) is 25.8 Å².